The van der Waals surface area contributed by atoms with Gasteiger partial charge in [0.05, 0.1) is 25.4 Å². The summed E-state index contributed by atoms with van der Waals surface area (Å²) in [5.41, 5.74) is -0.600. The topological polar surface area (TPSA) is 83.1 Å². The van der Waals surface area contributed by atoms with Crippen molar-refractivity contribution in [2.75, 3.05) is 13.2 Å². The molecule has 0 aromatic heterocycles. The molecule has 0 aliphatic carbocycles. The van der Waals surface area contributed by atoms with E-state index in [2.05, 4.69) is 46.9 Å². The van der Waals surface area contributed by atoms with Crippen LogP contribution in [0.2, 0.25) is 10.1 Å². The van der Waals surface area contributed by atoms with Crippen LogP contribution >= 0.6 is 0 Å². The molecule has 0 saturated carbocycles. The Bertz CT molecular complexity index is 657. The molecule has 8 heteroatoms. The quantitative estimate of drug-likeness (QED) is 0.519. The molecule has 2 aliphatic heterocycles. The van der Waals surface area contributed by atoms with Gasteiger partial charge in [0, 0.05) is 16.5 Å². The number of fused-ring (bicyclic) bond motifs is 1. The number of carbonyl (C=O) groups is 2. The Balaban J connectivity index is 1.95. The Labute approximate surface area is 182 Å². The zero-order valence-electron chi connectivity index (χ0n) is 20.0. The van der Waals surface area contributed by atoms with Gasteiger partial charge in [-0.25, -0.2) is 4.79 Å². The molecule has 7 nitrogen and oxygen atoms in total. The van der Waals surface area contributed by atoms with Gasteiger partial charge < -0.3 is 23.6 Å². The van der Waals surface area contributed by atoms with Gasteiger partial charge in [0.1, 0.15) is 11.7 Å². The number of nitrogens with one attached hydrogen (secondary N) is 1. The maximum Gasteiger partial charge on any atom is 0.408 e. The van der Waals surface area contributed by atoms with E-state index in [0.29, 0.717) is 6.61 Å². The van der Waals surface area contributed by atoms with E-state index in [9.17, 15) is 9.59 Å². The molecule has 0 unspecified atom stereocenters. The van der Waals surface area contributed by atoms with Gasteiger partial charge in [-0.3, -0.25) is 4.79 Å². The third-order valence-electron chi connectivity index (χ3n) is 5.22. The summed E-state index contributed by atoms with van der Waals surface area (Å²) in [6, 6.07) is 0. The van der Waals surface area contributed by atoms with Gasteiger partial charge in [-0.15, -0.1) is 0 Å². The summed E-state index contributed by atoms with van der Waals surface area (Å²) in [5, 5.41) is 2.31. The smallest absolute Gasteiger partial charge is 0.408 e. The SMILES string of the molecule is CC(C)(C)OC(=O)NCC(=O)C[C@H]1C=C[C@@H]2O[Si](C(C)(C)C)(C(C)(C)C)OC[C@H]2O1. The number of hydrogen-bond acceptors (Lipinski definition) is 6. The molecule has 1 N–H and O–H groups in total. The minimum atomic E-state index is -2.55. The Morgan fingerprint density at radius 3 is 2.17 bits per heavy atom. The monoisotopic (exact) mass is 441 g/mol. The Kier molecular flexibility index (Phi) is 7.28. The second kappa shape index (κ2) is 8.73. The number of alkyl carbamates (subject to hydrolysis) is 1. The first-order chi connectivity index (χ1) is 13.5. The van der Waals surface area contributed by atoms with Crippen molar-refractivity contribution in [3.63, 3.8) is 0 Å². The number of ether oxygens (including phenoxy) is 2. The van der Waals surface area contributed by atoms with Gasteiger partial charge in [0.25, 0.3) is 0 Å². The summed E-state index contributed by atoms with van der Waals surface area (Å²) in [6.07, 6.45) is 2.71. The molecule has 0 radical (unpaired) electrons. The second-order valence-electron chi connectivity index (χ2n) is 11.2. The standard InChI is InChI=1S/C22H39NO6Si/c1-20(2,3)28-19(25)23-13-15(24)12-16-10-11-17-18(27-16)14-26-30(29-17,21(4,5)6)22(7,8)9/h10-11,16-18H,12-14H2,1-9H3,(H,23,25)/t16-,17+,18-/m1/s1. The normalized spacial score (nSPS) is 26.6. The Hall–Kier alpha value is -1.22. The van der Waals surface area contributed by atoms with Crippen molar-refractivity contribution in [3.8, 4) is 0 Å². The largest absolute Gasteiger partial charge is 0.444 e. The van der Waals surface area contributed by atoms with Gasteiger partial charge in [-0.1, -0.05) is 53.7 Å². The molecule has 0 spiro atoms. The number of hydrogen-bond donors (Lipinski definition) is 1. The third kappa shape index (κ3) is 5.93. The van der Waals surface area contributed by atoms with Crippen molar-refractivity contribution in [1.29, 1.82) is 0 Å². The second-order valence-corrected chi connectivity index (χ2v) is 16.0. The van der Waals surface area contributed by atoms with Crippen molar-refractivity contribution < 1.29 is 27.9 Å². The van der Waals surface area contributed by atoms with Crippen molar-refractivity contribution in [2.45, 2.75) is 103 Å². The van der Waals surface area contributed by atoms with Crippen molar-refractivity contribution in [3.05, 3.63) is 12.2 Å². The summed E-state index contributed by atoms with van der Waals surface area (Å²) in [7, 11) is -2.55. The number of rotatable bonds is 4. The van der Waals surface area contributed by atoms with Gasteiger partial charge in [0.15, 0.2) is 5.78 Å². The van der Waals surface area contributed by atoms with E-state index in [1.807, 2.05) is 12.2 Å². The summed E-state index contributed by atoms with van der Waals surface area (Å²) in [4.78, 5) is 24.0. The fraction of sp³-hybridized carbons (Fsp3) is 0.818. The van der Waals surface area contributed by atoms with E-state index < -0.39 is 20.3 Å². The summed E-state index contributed by atoms with van der Waals surface area (Å²) in [6.45, 7) is 18.8. The van der Waals surface area contributed by atoms with Crippen LogP contribution in [0.4, 0.5) is 4.79 Å². The summed E-state index contributed by atoms with van der Waals surface area (Å²) in [5.74, 6) is -0.125. The molecule has 2 rings (SSSR count). The third-order valence-corrected chi connectivity index (χ3v) is 10.3. The number of amides is 1. The zero-order chi connectivity index (χ0) is 23.0. The minimum absolute atomic E-state index is 0.0895. The van der Waals surface area contributed by atoms with Crippen LogP contribution in [-0.4, -0.2) is 57.5 Å². The van der Waals surface area contributed by atoms with Crippen LogP contribution in [0.15, 0.2) is 12.2 Å². The van der Waals surface area contributed by atoms with Crippen LogP contribution in [0.1, 0.15) is 68.7 Å². The first-order valence-electron chi connectivity index (χ1n) is 10.7. The van der Waals surface area contributed by atoms with Crippen LogP contribution in [-0.2, 0) is 23.1 Å². The highest BCUT2D eigenvalue weighted by molar-refractivity contribution is 6.73. The van der Waals surface area contributed by atoms with Gasteiger partial charge in [0.2, 0.25) is 0 Å². The number of carbonyl (C=O) groups excluding carboxylic acids is 2. The maximum atomic E-state index is 12.3. The van der Waals surface area contributed by atoms with Crippen molar-refractivity contribution in [1.82, 2.24) is 5.32 Å². The van der Waals surface area contributed by atoms with Gasteiger partial charge >= 0.3 is 14.7 Å². The van der Waals surface area contributed by atoms with Gasteiger partial charge in [-0.05, 0) is 20.8 Å². The van der Waals surface area contributed by atoms with E-state index in [1.165, 1.54) is 0 Å². The fourth-order valence-electron chi connectivity index (χ4n) is 4.19. The average molecular weight is 442 g/mol. The first kappa shape index (κ1) is 25.0. The van der Waals surface area contributed by atoms with Gasteiger partial charge in [-0.2, -0.15) is 0 Å². The van der Waals surface area contributed by atoms with E-state index in [0.717, 1.165) is 0 Å². The van der Waals surface area contributed by atoms with Crippen LogP contribution in [0.5, 0.6) is 0 Å². The van der Waals surface area contributed by atoms with E-state index in [-0.39, 0.29) is 47.1 Å². The lowest BCUT2D eigenvalue weighted by atomic mass is 10.1. The molecule has 2 aliphatic rings. The Morgan fingerprint density at radius 1 is 1.03 bits per heavy atom. The molecular weight excluding hydrogens is 402 g/mol. The first-order valence-corrected chi connectivity index (χ1v) is 12.5. The highest BCUT2D eigenvalue weighted by atomic mass is 28.4. The fourth-order valence-corrected chi connectivity index (χ4v) is 9.09. The lowest BCUT2D eigenvalue weighted by Gasteiger charge is -2.55. The van der Waals surface area contributed by atoms with Crippen molar-refractivity contribution >= 4 is 20.4 Å². The molecule has 1 saturated heterocycles. The predicted molar refractivity (Wildman–Crippen MR) is 118 cm³/mol. The molecule has 0 aromatic carbocycles. The molecule has 172 valence electrons. The summed E-state index contributed by atoms with van der Waals surface area (Å²) < 4.78 is 24.3. The van der Waals surface area contributed by atoms with E-state index >= 15 is 0 Å². The molecule has 2 heterocycles. The summed E-state index contributed by atoms with van der Waals surface area (Å²) >= 11 is 0. The predicted octanol–water partition coefficient (Wildman–Crippen LogP) is 4.25. The zero-order valence-corrected chi connectivity index (χ0v) is 21.0. The molecule has 0 aromatic rings. The molecular formula is C22H39NO6Si. The Morgan fingerprint density at radius 2 is 1.63 bits per heavy atom. The van der Waals surface area contributed by atoms with E-state index in [1.54, 1.807) is 20.8 Å². The highest BCUT2D eigenvalue weighted by Gasteiger charge is 2.62. The maximum absolute atomic E-state index is 12.3. The average Bonchev–Trinajstić information content (AvgIpc) is 2.56. The number of ketones is 1. The molecule has 1 fully saturated rings. The van der Waals surface area contributed by atoms with Crippen LogP contribution in [0.3, 0.4) is 0 Å². The minimum Gasteiger partial charge on any atom is -0.444 e. The lowest BCUT2D eigenvalue weighted by Crippen LogP contribution is -2.65. The highest BCUT2D eigenvalue weighted by Crippen LogP contribution is 2.54. The molecule has 3 atom stereocenters. The van der Waals surface area contributed by atoms with Crippen molar-refractivity contribution in [2.24, 2.45) is 0 Å². The van der Waals surface area contributed by atoms with Crippen LogP contribution in [0, 0.1) is 0 Å². The molecule has 0 bridgehead atoms. The van der Waals surface area contributed by atoms with Crippen LogP contribution < -0.4 is 5.32 Å². The molecule has 1 amide bonds. The van der Waals surface area contributed by atoms with Crippen LogP contribution in [0.25, 0.3) is 0 Å². The lowest BCUT2D eigenvalue weighted by molar-refractivity contribution is -0.132. The van der Waals surface area contributed by atoms with E-state index in [4.69, 9.17) is 18.3 Å². The number of Topliss-reactive ketones (excluding diaryl/α,β-unsaturated/α-hetero) is 1. The molecule has 30 heavy (non-hydrogen) atoms.